The normalized spacial score (nSPS) is 21.9. The molecule has 4 nitrogen and oxygen atoms in total. The molecule has 0 radical (unpaired) electrons. The third kappa shape index (κ3) is 4.06. The molecule has 0 amide bonds. The van der Waals surface area contributed by atoms with Crippen LogP contribution in [0.2, 0.25) is 0 Å². The van der Waals surface area contributed by atoms with Crippen molar-refractivity contribution in [3.05, 3.63) is 24.0 Å². The minimum atomic E-state index is 0.800. The van der Waals surface area contributed by atoms with Gasteiger partial charge in [-0.25, -0.2) is 0 Å². The summed E-state index contributed by atoms with van der Waals surface area (Å²) in [7, 11) is 2.21. The predicted molar refractivity (Wildman–Crippen MR) is 78.2 cm³/mol. The van der Waals surface area contributed by atoms with E-state index in [0.717, 1.165) is 19.1 Å². The van der Waals surface area contributed by atoms with E-state index in [-0.39, 0.29) is 0 Å². The van der Waals surface area contributed by atoms with Gasteiger partial charge in [0.05, 0.1) is 0 Å². The monoisotopic (exact) mass is 262 g/mol. The van der Waals surface area contributed by atoms with E-state index in [1.165, 1.54) is 51.1 Å². The lowest BCUT2D eigenvalue weighted by molar-refractivity contribution is 0.150. The van der Waals surface area contributed by atoms with Crippen LogP contribution in [0.15, 0.2) is 18.5 Å². The maximum Gasteiger partial charge on any atom is 0.0347 e. The minimum absolute atomic E-state index is 0.800. The Hall–Kier alpha value is -0.840. The second kappa shape index (κ2) is 6.07. The lowest BCUT2D eigenvalue weighted by Gasteiger charge is -2.32. The van der Waals surface area contributed by atoms with Gasteiger partial charge in [0.15, 0.2) is 0 Å². The summed E-state index contributed by atoms with van der Waals surface area (Å²) in [5.41, 5.74) is 1.42. The van der Waals surface area contributed by atoms with Crippen molar-refractivity contribution in [1.29, 1.82) is 0 Å². The van der Waals surface area contributed by atoms with E-state index >= 15 is 0 Å². The summed E-state index contributed by atoms with van der Waals surface area (Å²) in [5, 5.41) is 3.57. The van der Waals surface area contributed by atoms with Gasteiger partial charge in [-0.05, 0) is 31.5 Å². The lowest BCUT2D eigenvalue weighted by Crippen LogP contribution is -2.45. The fourth-order valence-electron chi connectivity index (χ4n) is 2.61. The highest BCUT2D eigenvalue weighted by Gasteiger charge is 2.20. The molecule has 1 saturated carbocycles. The molecule has 2 aliphatic rings. The first kappa shape index (κ1) is 13.2. The Morgan fingerprint density at radius 2 is 1.95 bits per heavy atom. The molecule has 0 bridgehead atoms. The van der Waals surface area contributed by atoms with Gasteiger partial charge in [0.25, 0.3) is 0 Å². The van der Waals surface area contributed by atoms with Gasteiger partial charge in [0, 0.05) is 64.2 Å². The zero-order chi connectivity index (χ0) is 13.1. The SMILES string of the molecule is CN1CCN(CCn2ccc(CNC3CC3)c2)CC1. The van der Waals surface area contributed by atoms with Crippen molar-refractivity contribution in [2.45, 2.75) is 32.0 Å². The van der Waals surface area contributed by atoms with E-state index in [9.17, 15) is 0 Å². The second-order valence-electron chi connectivity index (χ2n) is 6.06. The summed E-state index contributed by atoms with van der Waals surface area (Å²) >= 11 is 0. The molecule has 3 rings (SSSR count). The van der Waals surface area contributed by atoms with Crippen LogP contribution in [-0.2, 0) is 13.1 Å². The van der Waals surface area contributed by atoms with Crippen LogP contribution >= 0.6 is 0 Å². The summed E-state index contributed by atoms with van der Waals surface area (Å²) < 4.78 is 2.34. The Morgan fingerprint density at radius 1 is 1.16 bits per heavy atom. The molecule has 0 unspecified atom stereocenters. The van der Waals surface area contributed by atoms with Crippen molar-refractivity contribution in [3.63, 3.8) is 0 Å². The van der Waals surface area contributed by atoms with E-state index in [1.807, 2.05) is 0 Å². The van der Waals surface area contributed by atoms with Gasteiger partial charge in [-0.1, -0.05) is 0 Å². The van der Waals surface area contributed by atoms with Gasteiger partial charge in [-0.2, -0.15) is 0 Å². The largest absolute Gasteiger partial charge is 0.353 e. The standard InChI is InChI=1S/C15H26N4/c1-17-6-8-18(9-7-17)10-11-19-5-4-14(13-19)12-16-15-2-3-15/h4-5,13,15-16H,2-3,6-12H2,1H3. The van der Waals surface area contributed by atoms with Gasteiger partial charge >= 0.3 is 0 Å². The molecule has 1 aliphatic carbocycles. The van der Waals surface area contributed by atoms with Crippen LogP contribution < -0.4 is 5.32 Å². The summed E-state index contributed by atoms with van der Waals surface area (Å²) in [6.07, 6.45) is 7.25. The number of likely N-dealkylation sites (N-methyl/N-ethyl adjacent to an activating group) is 1. The zero-order valence-electron chi connectivity index (χ0n) is 12.0. The van der Waals surface area contributed by atoms with Crippen molar-refractivity contribution in [2.24, 2.45) is 0 Å². The Labute approximate surface area is 116 Å². The summed E-state index contributed by atoms with van der Waals surface area (Å²) in [4.78, 5) is 4.98. The topological polar surface area (TPSA) is 23.4 Å². The lowest BCUT2D eigenvalue weighted by atomic mass is 10.3. The van der Waals surface area contributed by atoms with Crippen LogP contribution in [0.3, 0.4) is 0 Å². The van der Waals surface area contributed by atoms with Crippen molar-refractivity contribution < 1.29 is 0 Å². The maximum absolute atomic E-state index is 3.57. The molecular formula is C15H26N4. The van der Waals surface area contributed by atoms with Crippen molar-refractivity contribution in [2.75, 3.05) is 39.8 Å². The first-order valence-electron chi connectivity index (χ1n) is 7.58. The Morgan fingerprint density at radius 3 is 2.68 bits per heavy atom. The van der Waals surface area contributed by atoms with Gasteiger partial charge in [-0.15, -0.1) is 0 Å². The van der Waals surface area contributed by atoms with Crippen LogP contribution in [-0.4, -0.2) is 60.2 Å². The fourth-order valence-corrected chi connectivity index (χ4v) is 2.61. The molecule has 0 spiro atoms. The smallest absolute Gasteiger partial charge is 0.0347 e. The van der Waals surface area contributed by atoms with Crippen molar-refractivity contribution >= 4 is 0 Å². The van der Waals surface area contributed by atoms with E-state index in [1.54, 1.807) is 0 Å². The van der Waals surface area contributed by atoms with Crippen LogP contribution in [0, 0.1) is 0 Å². The first-order chi connectivity index (χ1) is 9.29. The number of hydrogen-bond acceptors (Lipinski definition) is 3. The quantitative estimate of drug-likeness (QED) is 0.827. The van der Waals surface area contributed by atoms with E-state index < -0.39 is 0 Å². The summed E-state index contributed by atoms with van der Waals surface area (Å²) in [5.74, 6) is 0. The number of hydrogen-bond donors (Lipinski definition) is 1. The molecule has 1 aromatic heterocycles. The van der Waals surface area contributed by atoms with Gasteiger partial charge in [0.1, 0.15) is 0 Å². The molecule has 1 aromatic rings. The fraction of sp³-hybridized carbons (Fsp3) is 0.733. The second-order valence-corrected chi connectivity index (χ2v) is 6.06. The number of aromatic nitrogens is 1. The molecular weight excluding hydrogens is 236 g/mol. The Kier molecular flexibility index (Phi) is 4.21. The van der Waals surface area contributed by atoms with Crippen LogP contribution in [0.4, 0.5) is 0 Å². The van der Waals surface area contributed by atoms with Crippen molar-refractivity contribution in [3.8, 4) is 0 Å². The Balaban J connectivity index is 1.39. The Bertz CT molecular complexity index is 389. The van der Waals surface area contributed by atoms with Crippen LogP contribution in [0.5, 0.6) is 0 Å². The molecule has 1 N–H and O–H groups in total. The molecule has 1 aliphatic heterocycles. The molecule has 0 aromatic carbocycles. The molecule has 0 atom stereocenters. The average Bonchev–Trinajstić information content (AvgIpc) is 3.15. The van der Waals surface area contributed by atoms with Crippen LogP contribution in [0.25, 0.3) is 0 Å². The highest BCUT2D eigenvalue weighted by Crippen LogP contribution is 2.19. The van der Waals surface area contributed by atoms with E-state index in [2.05, 4.69) is 45.2 Å². The number of rotatable bonds is 6. The minimum Gasteiger partial charge on any atom is -0.353 e. The van der Waals surface area contributed by atoms with E-state index in [4.69, 9.17) is 0 Å². The molecule has 2 heterocycles. The van der Waals surface area contributed by atoms with Gasteiger partial charge in [0.2, 0.25) is 0 Å². The predicted octanol–water partition coefficient (Wildman–Crippen LogP) is 0.988. The third-order valence-electron chi connectivity index (χ3n) is 4.25. The zero-order valence-corrected chi connectivity index (χ0v) is 12.0. The molecule has 2 fully saturated rings. The first-order valence-corrected chi connectivity index (χ1v) is 7.58. The number of nitrogens with one attached hydrogen (secondary N) is 1. The highest BCUT2D eigenvalue weighted by atomic mass is 15.2. The molecule has 106 valence electrons. The van der Waals surface area contributed by atoms with Crippen molar-refractivity contribution in [1.82, 2.24) is 19.7 Å². The molecule has 4 heteroatoms. The summed E-state index contributed by atoms with van der Waals surface area (Å²) in [6, 6.07) is 3.05. The maximum atomic E-state index is 3.57. The third-order valence-corrected chi connectivity index (χ3v) is 4.25. The number of nitrogens with zero attached hydrogens (tertiary/aromatic N) is 3. The van der Waals surface area contributed by atoms with Crippen LogP contribution in [0.1, 0.15) is 18.4 Å². The molecule has 1 saturated heterocycles. The highest BCUT2D eigenvalue weighted by molar-refractivity contribution is 5.10. The summed E-state index contributed by atoms with van der Waals surface area (Å²) in [6.45, 7) is 8.18. The van der Waals surface area contributed by atoms with Gasteiger partial charge < -0.3 is 14.8 Å². The van der Waals surface area contributed by atoms with Gasteiger partial charge in [-0.3, -0.25) is 4.90 Å². The number of piperazine rings is 1. The molecule has 19 heavy (non-hydrogen) atoms. The average molecular weight is 262 g/mol. The van der Waals surface area contributed by atoms with E-state index in [0.29, 0.717) is 0 Å².